The lowest BCUT2D eigenvalue weighted by Gasteiger charge is -1.82. The second kappa shape index (κ2) is 9.74. The van der Waals surface area contributed by atoms with Crippen LogP contribution < -0.4 is 0 Å². The van der Waals surface area contributed by atoms with Gasteiger partial charge in [0.1, 0.15) is 4.84 Å². The molecule has 0 aromatic rings. The van der Waals surface area contributed by atoms with Crippen molar-refractivity contribution in [1.82, 2.24) is 0 Å². The second-order valence-corrected chi connectivity index (χ2v) is 4.36. The van der Waals surface area contributed by atoms with Crippen LogP contribution in [0.25, 0.3) is 0 Å². The summed E-state index contributed by atoms with van der Waals surface area (Å²) in [6, 6.07) is 0. The molecule has 0 unspecified atom stereocenters. The van der Waals surface area contributed by atoms with E-state index < -0.39 is 9.13 Å². The molecule has 0 aliphatic carbocycles. The molecule has 0 radical (unpaired) electrons. The van der Waals surface area contributed by atoms with Gasteiger partial charge in [-0.25, -0.2) is 0 Å². The van der Waals surface area contributed by atoms with E-state index in [-0.39, 0.29) is 0 Å². The first-order chi connectivity index (χ1) is 4.00. The molecule has 0 bridgehead atoms. The average molecular weight is 253 g/mol. The molecule has 0 rings (SSSR count). The topological polar surface area (TPSA) is 0 Å². The van der Waals surface area contributed by atoms with Crippen molar-refractivity contribution in [2.75, 3.05) is 5.88 Å². The monoisotopic (exact) mass is 250 g/mol. The van der Waals surface area contributed by atoms with Gasteiger partial charge in [0.2, 0.25) is 0 Å². The molecule has 0 aliphatic rings. The third-order valence-corrected chi connectivity index (χ3v) is 1.05. The Kier molecular flexibility index (Phi) is 14.4. The number of rotatable bonds is 1. The van der Waals surface area contributed by atoms with E-state index in [0.29, 0.717) is 5.88 Å². The van der Waals surface area contributed by atoms with Crippen LogP contribution in [0.1, 0.15) is 0 Å². The van der Waals surface area contributed by atoms with Crippen LogP contribution in [0, 0.1) is 0 Å². The fourth-order valence-corrected chi connectivity index (χ4v) is 0. The fourth-order valence-electron chi connectivity index (χ4n) is 0. The highest BCUT2D eigenvalue weighted by Crippen LogP contribution is 2.03. The smallest absolute Gasteiger partial charge is 0.124 e. The predicted molar refractivity (Wildman–Crippen MR) is 47.6 cm³/mol. The molecule has 0 atom stereocenters. The van der Waals surface area contributed by atoms with Gasteiger partial charge in [-0.2, -0.15) is 0 Å². The van der Waals surface area contributed by atoms with E-state index >= 15 is 0 Å². The van der Waals surface area contributed by atoms with Crippen molar-refractivity contribution < 1.29 is 0 Å². The van der Waals surface area contributed by atoms with E-state index in [2.05, 4.69) is 0 Å². The molecule has 0 aromatic heterocycles. The molecule has 0 saturated heterocycles. The molecule has 0 nitrogen and oxygen atoms in total. The summed E-state index contributed by atoms with van der Waals surface area (Å²) < 4.78 is -0.750. The summed E-state index contributed by atoms with van der Waals surface area (Å²) in [6.07, 6.45) is 0. The number of alkyl halides is 6. The standard InChI is InChI=1S/C2H3Cl3.CHCl3/c3-1-2(4)5;2-1(3)4/h2H,1H2;1H. The lowest BCUT2D eigenvalue weighted by atomic mass is 10.9. The molecular weight excluding hydrogens is 249 g/mol. The Bertz CT molecular complexity index is 40.8. The second-order valence-electron chi connectivity index (χ2n) is 0.793. The summed E-state index contributed by atoms with van der Waals surface area (Å²) in [6.45, 7) is 0. The Morgan fingerprint density at radius 3 is 1.00 bits per heavy atom. The SMILES string of the molecule is ClC(Cl)Cl.ClCC(Cl)Cl. The molecule has 0 spiro atoms. The molecule has 0 heterocycles. The van der Waals surface area contributed by atoms with Crippen LogP contribution in [0.15, 0.2) is 0 Å². The van der Waals surface area contributed by atoms with E-state index in [1.807, 2.05) is 0 Å². The molecule has 9 heavy (non-hydrogen) atoms. The zero-order valence-corrected chi connectivity index (χ0v) is 8.67. The van der Waals surface area contributed by atoms with E-state index in [0.717, 1.165) is 0 Å². The zero-order valence-electron chi connectivity index (χ0n) is 4.13. The van der Waals surface area contributed by atoms with Crippen LogP contribution in [0.5, 0.6) is 0 Å². The third kappa shape index (κ3) is 41.7. The van der Waals surface area contributed by atoms with Gasteiger partial charge in [-0.3, -0.25) is 0 Å². The van der Waals surface area contributed by atoms with Crippen molar-refractivity contribution in [3.8, 4) is 0 Å². The molecule has 0 fully saturated rings. The van der Waals surface area contributed by atoms with Crippen LogP contribution >= 0.6 is 69.6 Å². The normalized spacial score (nSPS) is 9.33. The first-order valence-corrected chi connectivity index (χ1v) is 4.48. The third-order valence-electron chi connectivity index (χ3n) is 0.117. The van der Waals surface area contributed by atoms with Crippen molar-refractivity contribution >= 4 is 69.6 Å². The highest BCUT2D eigenvalue weighted by Gasteiger charge is 1.88. The van der Waals surface area contributed by atoms with Gasteiger partial charge in [0.15, 0.2) is 4.30 Å². The van der Waals surface area contributed by atoms with Crippen molar-refractivity contribution in [2.45, 2.75) is 9.13 Å². The van der Waals surface area contributed by atoms with E-state index in [1.54, 1.807) is 0 Å². The van der Waals surface area contributed by atoms with Crippen molar-refractivity contribution in [1.29, 1.82) is 0 Å². The average Bonchev–Trinajstić information content (AvgIpc) is 1.65. The molecule has 0 aromatic carbocycles. The molecule has 58 valence electrons. The molecule has 6 heteroatoms. The van der Waals surface area contributed by atoms with E-state index in [9.17, 15) is 0 Å². The lowest BCUT2D eigenvalue weighted by molar-refractivity contribution is 1.40. The molecule has 0 amide bonds. The minimum absolute atomic E-state index is 0.309. The summed E-state index contributed by atoms with van der Waals surface area (Å²) in [5.41, 5.74) is 0. The molecule has 0 aliphatic heterocycles. The first-order valence-electron chi connectivity index (χ1n) is 1.77. The van der Waals surface area contributed by atoms with Crippen LogP contribution in [-0.4, -0.2) is 15.0 Å². The Labute approximate surface area is 84.3 Å². The van der Waals surface area contributed by atoms with Gasteiger partial charge < -0.3 is 0 Å². The van der Waals surface area contributed by atoms with Crippen molar-refractivity contribution in [3.63, 3.8) is 0 Å². The highest BCUT2D eigenvalue weighted by atomic mass is 35.6. The molecular formula is C3H4Cl6. The van der Waals surface area contributed by atoms with E-state index in [1.165, 1.54) is 0 Å². The van der Waals surface area contributed by atoms with Crippen molar-refractivity contribution in [2.24, 2.45) is 0 Å². The predicted octanol–water partition coefficient (Wildman–Crippen LogP) is 4.02. The number of hydrogen-bond acceptors (Lipinski definition) is 0. The van der Waals surface area contributed by atoms with E-state index in [4.69, 9.17) is 69.6 Å². The van der Waals surface area contributed by atoms with Gasteiger partial charge in [-0.05, 0) is 0 Å². The van der Waals surface area contributed by atoms with Gasteiger partial charge in [-0.15, -0.1) is 34.8 Å². The largest absolute Gasteiger partial charge is 0.180 e. The van der Waals surface area contributed by atoms with Gasteiger partial charge in [0.25, 0.3) is 0 Å². The summed E-state index contributed by atoms with van der Waals surface area (Å²) in [7, 11) is 0. The number of hydrogen-bond donors (Lipinski definition) is 0. The maximum Gasteiger partial charge on any atom is 0.180 e. The molecule has 0 saturated carbocycles. The lowest BCUT2D eigenvalue weighted by Crippen LogP contribution is -1.82. The van der Waals surface area contributed by atoms with Crippen LogP contribution in [0.2, 0.25) is 0 Å². The quantitative estimate of drug-likeness (QED) is 0.619. The Morgan fingerprint density at radius 2 is 1.00 bits per heavy atom. The Balaban J connectivity index is 0. The van der Waals surface area contributed by atoms with Gasteiger partial charge in [0.05, 0.1) is 5.88 Å². The van der Waals surface area contributed by atoms with Crippen LogP contribution in [0.4, 0.5) is 0 Å². The van der Waals surface area contributed by atoms with Gasteiger partial charge in [0, 0.05) is 0 Å². The first kappa shape index (κ1) is 13.3. The van der Waals surface area contributed by atoms with Gasteiger partial charge >= 0.3 is 0 Å². The summed E-state index contributed by atoms with van der Waals surface area (Å²) >= 11 is 29.7. The minimum atomic E-state index is -0.750. The minimum Gasteiger partial charge on any atom is -0.124 e. The highest BCUT2D eigenvalue weighted by molar-refractivity contribution is 6.63. The van der Waals surface area contributed by atoms with Crippen molar-refractivity contribution in [3.05, 3.63) is 0 Å². The summed E-state index contributed by atoms with van der Waals surface area (Å²) in [4.78, 5) is -0.406. The summed E-state index contributed by atoms with van der Waals surface area (Å²) in [5, 5.41) is 0. The zero-order chi connectivity index (χ0) is 7.86. The van der Waals surface area contributed by atoms with Crippen LogP contribution in [-0.2, 0) is 0 Å². The number of halogens is 6. The van der Waals surface area contributed by atoms with Gasteiger partial charge in [-0.1, -0.05) is 34.8 Å². The summed E-state index contributed by atoms with van der Waals surface area (Å²) in [5.74, 6) is 0.309. The fraction of sp³-hybridized carbons (Fsp3) is 1.00. The maximum atomic E-state index is 5.10. The molecule has 0 N–H and O–H groups in total. The van der Waals surface area contributed by atoms with Crippen LogP contribution in [0.3, 0.4) is 0 Å². The maximum absolute atomic E-state index is 5.10. The Hall–Kier alpha value is 1.74. The Morgan fingerprint density at radius 1 is 0.889 bits per heavy atom.